The van der Waals surface area contributed by atoms with Gasteiger partial charge in [-0.25, -0.2) is 0 Å². The van der Waals surface area contributed by atoms with Gasteiger partial charge in [0.2, 0.25) is 5.91 Å². The molecular weight excluding hydrogens is 326 g/mol. The minimum atomic E-state index is -0.0554. The van der Waals surface area contributed by atoms with Crippen LogP contribution < -0.4 is 5.32 Å². The first kappa shape index (κ1) is 17.1. The number of likely N-dealkylation sites (tertiary alicyclic amines) is 1. The van der Waals surface area contributed by atoms with Gasteiger partial charge in [0.15, 0.2) is 0 Å². The van der Waals surface area contributed by atoms with E-state index in [1.165, 1.54) is 0 Å². The van der Waals surface area contributed by atoms with Gasteiger partial charge in [-0.05, 0) is 37.8 Å². The Morgan fingerprint density at radius 1 is 1.35 bits per heavy atom. The third kappa shape index (κ3) is 2.89. The summed E-state index contributed by atoms with van der Waals surface area (Å²) in [5.74, 6) is 0.233. The van der Waals surface area contributed by atoms with E-state index in [4.69, 9.17) is 0 Å². The number of amides is 2. The fourth-order valence-electron chi connectivity index (χ4n) is 4.93. The molecule has 1 saturated carbocycles. The van der Waals surface area contributed by atoms with Crippen LogP contribution in [0.1, 0.15) is 55.9 Å². The Morgan fingerprint density at radius 3 is 3.00 bits per heavy atom. The summed E-state index contributed by atoms with van der Waals surface area (Å²) < 4.78 is 0. The zero-order chi connectivity index (χ0) is 18.1. The van der Waals surface area contributed by atoms with Gasteiger partial charge in [-0.2, -0.15) is 0 Å². The lowest BCUT2D eigenvalue weighted by Gasteiger charge is -2.46. The Bertz CT molecular complexity index is 795. The molecule has 0 bridgehead atoms. The number of nitrogens with one attached hydrogen (secondary N) is 2. The van der Waals surface area contributed by atoms with Gasteiger partial charge in [-0.15, -0.1) is 0 Å². The van der Waals surface area contributed by atoms with Crippen molar-refractivity contribution in [3.8, 4) is 0 Å². The van der Waals surface area contributed by atoms with Gasteiger partial charge in [-0.1, -0.05) is 31.5 Å². The predicted octanol–water partition coefficient (Wildman–Crippen LogP) is 3.47. The number of nitrogens with zero attached hydrogens (tertiary/aromatic N) is 1. The molecule has 4 rings (SSSR count). The monoisotopic (exact) mass is 353 g/mol. The number of aromatic nitrogens is 1. The summed E-state index contributed by atoms with van der Waals surface area (Å²) in [6.45, 7) is 3.61. The highest BCUT2D eigenvalue weighted by atomic mass is 16.2. The van der Waals surface area contributed by atoms with Crippen molar-refractivity contribution in [2.45, 2.75) is 51.5 Å². The molecule has 2 aliphatic rings. The van der Waals surface area contributed by atoms with Crippen LogP contribution in [0.25, 0.3) is 10.9 Å². The first-order valence-electron chi connectivity index (χ1n) is 9.78. The number of carbonyl (C=O) groups excluding carboxylic acids is 2. The van der Waals surface area contributed by atoms with E-state index in [0.717, 1.165) is 49.6 Å². The molecule has 2 aromatic rings. The molecule has 5 nitrogen and oxygen atoms in total. The minimum Gasteiger partial charge on any atom is -0.351 e. The summed E-state index contributed by atoms with van der Waals surface area (Å²) >= 11 is 0. The predicted molar refractivity (Wildman–Crippen MR) is 102 cm³/mol. The fourth-order valence-corrected chi connectivity index (χ4v) is 4.93. The molecule has 1 aromatic carbocycles. The van der Waals surface area contributed by atoms with Crippen LogP contribution >= 0.6 is 0 Å². The lowest BCUT2D eigenvalue weighted by atomic mass is 9.74. The molecule has 5 heteroatoms. The number of piperidine rings is 1. The number of fused-ring (bicyclic) bond motifs is 2. The van der Waals surface area contributed by atoms with Crippen LogP contribution in [0.2, 0.25) is 0 Å². The third-order valence-corrected chi connectivity index (χ3v) is 6.23. The van der Waals surface area contributed by atoms with E-state index in [9.17, 15) is 9.59 Å². The van der Waals surface area contributed by atoms with E-state index in [2.05, 4.69) is 22.1 Å². The molecule has 0 unspecified atom stereocenters. The molecule has 1 aliphatic heterocycles. The lowest BCUT2D eigenvalue weighted by Crippen LogP contribution is -2.56. The van der Waals surface area contributed by atoms with Crippen molar-refractivity contribution in [1.29, 1.82) is 0 Å². The highest BCUT2D eigenvalue weighted by molar-refractivity contribution is 5.98. The van der Waals surface area contributed by atoms with E-state index in [0.29, 0.717) is 18.7 Å². The molecule has 2 heterocycles. The molecule has 2 fully saturated rings. The quantitative estimate of drug-likeness (QED) is 0.864. The molecule has 138 valence electrons. The first-order chi connectivity index (χ1) is 12.6. The van der Waals surface area contributed by atoms with Crippen molar-refractivity contribution >= 4 is 22.7 Å². The van der Waals surface area contributed by atoms with E-state index in [-0.39, 0.29) is 23.3 Å². The van der Waals surface area contributed by atoms with Crippen LogP contribution in [0.4, 0.5) is 0 Å². The number of para-hydroxylation sites is 1. The van der Waals surface area contributed by atoms with Gasteiger partial charge in [-0.3, -0.25) is 9.59 Å². The van der Waals surface area contributed by atoms with Gasteiger partial charge in [0.1, 0.15) is 5.69 Å². The van der Waals surface area contributed by atoms with Gasteiger partial charge in [0.25, 0.3) is 5.91 Å². The highest BCUT2D eigenvalue weighted by Gasteiger charge is 2.49. The molecule has 2 atom stereocenters. The number of benzene rings is 1. The second-order valence-corrected chi connectivity index (χ2v) is 7.81. The summed E-state index contributed by atoms with van der Waals surface area (Å²) in [5.41, 5.74) is 1.63. The van der Waals surface area contributed by atoms with Crippen LogP contribution in [0.5, 0.6) is 0 Å². The third-order valence-electron chi connectivity index (χ3n) is 6.23. The van der Waals surface area contributed by atoms with E-state index >= 15 is 0 Å². The number of hydrogen-bond acceptors (Lipinski definition) is 2. The Morgan fingerprint density at radius 2 is 2.19 bits per heavy atom. The summed E-state index contributed by atoms with van der Waals surface area (Å²) in [4.78, 5) is 30.3. The molecule has 1 aromatic heterocycles. The lowest BCUT2D eigenvalue weighted by molar-refractivity contribution is -0.141. The molecule has 0 radical (unpaired) electrons. The fraction of sp³-hybridized carbons (Fsp3) is 0.524. The second kappa shape index (κ2) is 6.78. The number of rotatable bonds is 5. The molecule has 1 aliphatic carbocycles. The molecule has 1 saturated heterocycles. The largest absolute Gasteiger partial charge is 0.351 e. The topological polar surface area (TPSA) is 65.2 Å². The van der Waals surface area contributed by atoms with Crippen molar-refractivity contribution in [3.05, 3.63) is 36.0 Å². The maximum Gasteiger partial charge on any atom is 0.267 e. The molecule has 2 N–H and O–H groups in total. The van der Waals surface area contributed by atoms with E-state index in [1.54, 1.807) is 0 Å². The Balaban J connectivity index is 1.49. The van der Waals surface area contributed by atoms with Gasteiger partial charge in [0, 0.05) is 41.9 Å². The van der Waals surface area contributed by atoms with Crippen LogP contribution in [0, 0.1) is 5.41 Å². The smallest absolute Gasteiger partial charge is 0.267 e. The van der Waals surface area contributed by atoms with Crippen molar-refractivity contribution in [1.82, 2.24) is 15.2 Å². The zero-order valence-electron chi connectivity index (χ0n) is 15.4. The summed E-state index contributed by atoms with van der Waals surface area (Å²) in [6, 6.07) is 10.1. The molecular formula is C21H27N3O2. The Labute approximate surface area is 154 Å². The summed E-state index contributed by atoms with van der Waals surface area (Å²) in [6.07, 6.45) is 5.79. The van der Waals surface area contributed by atoms with Crippen molar-refractivity contribution in [3.63, 3.8) is 0 Å². The van der Waals surface area contributed by atoms with Crippen LogP contribution in [0.15, 0.2) is 30.3 Å². The normalized spacial score (nSPS) is 25.5. The van der Waals surface area contributed by atoms with E-state index in [1.807, 2.05) is 30.3 Å². The number of hydrogen-bond donors (Lipinski definition) is 2. The average molecular weight is 353 g/mol. The Hall–Kier alpha value is -2.30. The first-order valence-corrected chi connectivity index (χ1v) is 9.78. The standard InChI is InChI=1S/C21H27N3O2/c1-2-12-24-18-8-5-10-21(18,11-9-19(24)25)14-22-20(26)17-13-15-6-3-4-7-16(15)23-17/h3-4,6-7,13,18,23H,2,5,8-12,14H2,1H3,(H,22,26)/t18-,21+/m1/s1. The number of aromatic amines is 1. The number of H-pyrrole nitrogens is 1. The van der Waals surface area contributed by atoms with Gasteiger partial charge >= 0.3 is 0 Å². The van der Waals surface area contributed by atoms with Gasteiger partial charge < -0.3 is 15.2 Å². The van der Waals surface area contributed by atoms with E-state index < -0.39 is 0 Å². The highest BCUT2D eigenvalue weighted by Crippen LogP contribution is 2.47. The average Bonchev–Trinajstić information content (AvgIpc) is 3.27. The maximum absolute atomic E-state index is 12.7. The molecule has 0 spiro atoms. The van der Waals surface area contributed by atoms with Crippen molar-refractivity contribution in [2.24, 2.45) is 5.41 Å². The zero-order valence-corrected chi connectivity index (χ0v) is 15.4. The van der Waals surface area contributed by atoms with Crippen LogP contribution in [0.3, 0.4) is 0 Å². The summed E-state index contributed by atoms with van der Waals surface area (Å²) in [7, 11) is 0. The van der Waals surface area contributed by atoms with Crippen molar-refractivity contribution in [2.75, 3.05) is 13.1 Å². The second-order valence-electron chi connectivity index (χ2n) is 7.81. The number of carbonyl (C=O) groups is 2. The van der Waals surface area contributed by atoms with Crippen LogP contribution in [-0.2, 0) is 4.79 Å². The maximum atomic E-state index is 12.7. The van der Waals surface area contributed by atoms with Gasteiger partial charge in [0.05, 0.1) is 0 Å². The Kier molecular flexibility index (Phi) is 4.47. The molecule has 2 amide bonds. The summed E-state index contributed by atoms with van der Waals surface area (Å²) in [5, 5.41) is 4.21. The molecule has 26 heavy (non-hydrogen) atoms. The minimum absolute atomic E-state index is 0.0464. The van der Waals surface area contributed by atoms with Crippen molar-refractivity contribution < 1.29 is 9.59 Å². The SMILES string of the molecule is CCCN1C(=O)CC[C@]2(CNC(=O)c3cc4ccccc4[nH]3)CCC[C@@H]12. The van der Waals surface area contributed by atoms with Crippen LogP contribution in [-0.4, -0.2) is 40.8 Å².